The van der Waals surface area contributed by atoms with E-state index in [4.69, 9.17) is 16.6 Å². The number of anilines is 2. The minimum absolute atomic E-state index is 0. The SMILES string of the molecule is Cl.Cl.Nc1nc(NCCCCCO)cc(C2CC(N)C2)n1. The quantitative estimate of drug-likeness (QED) is 0.563. The van der Waals surface area contributed by atoms with E-state index in [0.717, 1.165) is 50.2 Å². The summed E-state index contributed by atoms with van der Waals surface area (Å²) >= 11 is 0. The average Bonchev–Trinajstić information content (AvgIpc) is 2.34. The van der Waals surface area contributed by atoms with E-state index in [1.165, 1.54) is 0 Å². The zero-order chi connectivity index (χ0) is 13.7. The molecule has 0 aliphatic heterocycles. The Morgan fingerprint density at radius 3 is 2.52 bits per heavy atom. The first-order chi connectivity index (χ1) is 9.19. The average molecular weight is 338 g/mol. The van der Waals surface area contributed by atoms with Crippen LogP contribution in [0, 0.1) is 0 Å². The first-order valence-corrected chi connectivity index (χ1v) is 6.94. The highest BCUT2D eigenvalue weighted by atomic mass is 35.5. The van der Waals surface area contributed by atoms with Gasteiger partial charge in [0.1, 0.15) is 5.82 Å². The van der Waals surface area contributed by atoms with E-state index in [-0.39, 0.29) is 31.4 Å². The normalized spacial score (nSPS) is 19.9. The molecule has 1 aliphatic rings. The fourth-order valence-electron chi connectivity index (χ4n) is 2.32. The third-order valence-corrected chi connectivity index (χ3v) is 3.50. The third-order valence-electron chi connectivity index (χ3n) is 3.50. The van der Waals surface area contributed by atoms with Crippen molar-refractivity contribution in [2.45, 2.75) is 44.1 Å². The van der Waals surface area contributed by atoms with Crippen LogP contribution in [0.15, 0.2) is 6.07 Å². The van der Waals surface area contributed by atoms with Crippen molar-refractivity contribution in [3.63, 3.8) is 0 Å². The molecule has 0 bridgehead atoms. The minimum atomic E-state index is 0. The summed E-state index contributed by atoms with van der Waals surface area (Å²) in [6.07, 6.45) is 4.82. The molecule has 1 aromatic rings. The fraction of sp³-hybridized carbons (Fsp3) is 0.692. The number of unbranched alkanes of at least 4 members (excludes halogenated alkanes) is 2. The van der Waals surface area contributed by atoms with Crippen LogP contribution >= 0.6 is 24.8 Å². The number of aliphatic hydroxyl groups excluding tert-OH is 1. The number of rotatable bonds is 7. The van der Waals surface area contributed by atoms with E-state index < -0.39 is 0 Å². The molecule has 6 nitrogen and oxygen atoms in total. The number of halogens is 2. The molecular weight excluding hydrogens is 313 g/mol. The van der Waals surface area contributed by atoms with Crippen LogP contribution in [-0.4, -0.2) is 34.3 Å². The lowest BCUT2D eigenvalue weighted by Crippen LogP contribution is -2.35. The maximum absolute atomic E-state index is 8.70. The Bertz CT molecular complexity index is 416. The van der Waals surface area contributed by atoms with E-state index in [1.54, 1.807) is 0 Å². The molecule has 8 heteroatoms. The van der Waals surface area contributed by atoms with E-state index in [1.807, 2.05) is 6.07 Å². The van der Waals surface area contributed by atoms with Gasteiger partial charge in [0, 0.05) is 31.2 Å². The van der Waals surface area contributed by atoms with Crippen LogP contribution in [0.4, 0.5) is 11.8 Å². The van der Waals surface area contributed by atoms with Crippen molar-refractivity contribution >= 4 is 36.6 Å². The van der Waals surface area contributed by atoms with Gasteiger partial charge in [0.05, 0.1) is 5.69 Å². The zero-order valence-corrected chi connectivity index (χ0v) is 13.6. The second kappa shape index (κ2) is 10.00. The predicted octanol–water partition coefficient (Wildman–Crippen LogP) is 1.68. The highest BCUT2D eigenvalue weighted by Crippen LogP contribution is 2.35. The molecule has 1 fully saturated rings. The lowest BCUT2D eigenvalue weighted by atomic mass is 9.78. The summed E-state index contributed by atoms with van der Waals surface area (Å²) in [7, 11) is 0. The van der Waals surface area contributed by atoms with Crippen molar-refractivity contribution in [3.05, 3.63) is 11.8 Å². The monoisotopic (exact) mass is 337 g/mol. The molecule has 0 aromatic carbocycles. The summed E-state index contributed by atoms with van der Waals surface area (Å²) in [5.41, 5.74) is 12.5. The Morgan fingerprint density at radius 1 is 1.19 bits per heavy atom. The minimum Gasteiger partial charge on any atom is -0.396 e. The van der Waals surface area contributed by atoms with Gasteiger partial charge in [0.25, 0.3) is 0 Å². The zero-order valence-electron chi connectivity index (χ0n) is 12.0. The van der Waals surface area contributed by atoms with Crippen LogP contribution in [0.1, 0.15) is 43.7 Å². The summed E-state index contributed by atoms with van der Waals surface area (Å²) in [5.74, 6) is 1.53. The van der Waals surface area contributed by atoms with Gasteiger partial charge in [0.2, 0.25) is 5.95 Å². The van der Waals surface area contributed by atoms with Crippen molar-refractivity contribution in [1.82, 2.24) is 9.97 Å². The van der Waals surface area contributed by atoms with Gasteiger partial charge in [-0.05, 0) is 32.1 Å². The lowest BCUT2D eigenvalue weighted by molar-refractivity contribution is 0.283. The van der Waals surface area contributed by atoms with Gasteiger partial charge in [-0.25, -0.2) is 4.98 Å². The van der Waals surface area contributed by atoms with Crippen LogP contribution in [0.25, 0.3) is 0 Å². The van der Waals surface area contributed by atoms with E-state index in [0.29, 0.717) is 17.9 Å². The van der Waals surface area contributed by atoms with Crippen molar-refractivity contribution in [2.24, 2.45) is 5.73 Å². The van der Waals surface area contributed by atoms with Gasteiger partial charge in [-0.1, -0.05) is 0 Å². The molecule has 0 saturated heterocycles. The third kappa shape index (κ3) is 6.22. The molecule has 1 aliphatic carbocycles. The maximum atomic E-state index is 8.70. The molecule has 1 aromatic heterocycles. The Kier molecular flexibility index (Phi) is 9.61. The first-order valence-electron chi connectivity index (χ1n) is 6.94. The largest absolute Gasteiger partial charge is 0.396 e. The Hall–Kier alpha value is -0.820. The predicted molar refractivity (Wildman–Crippen MR) is 90.3 cm³/mol. The molecule has 0 atom stereocenters. The van der Waals surface area contributed by atoms with Crippen LogP contribution in [-0.2, 0) is 0 Å². The van der Waals surface area contributed by atoms with E-state index >= 15 is 0 Å². The van der Waals surface area contributed by atoms with Gasteiger partial charge in [-0.3, -0.25) is 0 Å². The van der Waals surface area contributed by atoms with Crippen LogP contribution < -0.4 is 16.8 Å². The molecule has 0 amide bonds. The Labute approximate surface area is 137 Å². The van der Waals surface area contributed by atoms with Gasteiger partial charge in [-0.2, -0.15) is 4.98 Å². The molecule has 0 unspecified atom stereocenters. The highest BCUT2D eigenvalue weighted by molar-refractivity contribution is 5.85. The molecule has 122 valence electrons. The summed E-state index contributed by atoms with van der Waals surface area (Å²) in [6, 6.07) is 2.27. The first kappa shape index (κ1) is 20.2. The molecule has 0 radical (unpaired) electrons. The van der Waals surface area contributed by atoms with Crippen molar-refractivity contribution < 1.29 is 5.11 Å². The van der Waals surface area contributed by atoms with Gasteiger partial charge in [-0.15, -0.1) is 24.8 Å². The number of hydrogen-bond acceptors (Lipinski definition) is 6. The maximum Gasteiger partial charge on any atom is 0.222 e. The molecule has 2 rings (SSSR count). The van der Waals surface area contributed by atoms with Crippen LogP contribution in [0.2, 0.25) is 0 Å². The van der Waals surface area contributed by atoms with Gasteiger partial charge >= 0.3 is 0 Å². The number of nitrogens with zero attached hydrogens (tertiary/aromatic N) is 2. The number of aromatic nitrogens is 2. The standard InChI is InChI=1S/C13H23N5O.2ClH/c14-10-6-9(7-10)11-8-12(18-13(15)17-11)16-4-2-1-3-5-19;;/h8-10,19H,1-7,14H2,(H3,15,16,17,18);2*1H. The number of nitrogens with two attached hydrogens (primary N) is 2. The second-order valence-electron chi connectivity index (χ2n) is 5.18. The number of nitrogens with one attached hydrogen (secondary N) is 1. The summed E-state index contributed by atoms with van der Waals surface area (Å²) < 4.78 is 0. The Balaban J connectivity index is 0.00000200. The van der Waals surface area contributed by atoms with E-state index in [2.05, 4.69) is 15.3 Å². The highest BCUT2D eigenvalue weighted by Gasteiger charge is 2.28. The van der Waals surface area contributed by atoms with Crippen molar-refractivity contribution in [3.8, 4) is 0 Å². The number of aliphatic hydroxyl groups is 1. The summed E-state index contributed by atoms with van der Waals surface area (Å²) in [6.45, 7) is 1.09. The molecular formula is C13H25Cl2N5O. The second-order valence-corrected chi connectivity index (χ2v) is 5.18. The molecule has 6 N–H and O–H groups in total. The topological polar surface area (TPSA) is 110 Å². The van der Waals surface area contributed by atoms with Crippen LogP contribution in [0.3, 0.4) is 0 Å². The molecule has 0 spiro atoms. The molecule has 1 saturated carbocycles. The summed E-state index contributed by atoms with van der Waals surface area (Å²) in [4.78, 5) is 8.47. The van der Waals surface area contributed by atoms with E-state index in [9.17, 15) is 0 Å². The van der Waals surface area contributed by atoms with Gasteiger partial charge < -0.3 is 21.9 Å². The summed E-state index contributed by atoms with van der Waals surface area (Å²) in [5, 5.41) is 12.0. The number of hydrogen-bond donors (Lipinski definition) is 4. The number of nitrogen functional groups attached to an aromatic ring is 1. The van der Waals surface area contributed by atoms with Crippen molar-refractivity contribution in [1.29, 1.82) is 0 Å². The smallest absolute Gasteiger partial charge is 0.222 e. The molecule has 1 heterocycles. The van der Waals surface area contributed by atoms with Crippen LogP contribution in [0.5, 0.6) is 0 Å². The molecule has 21 heavy (non-hydrogen) atoms. The fourth-order valence-corrected chi connectivity index (χ4v) is 2.32. The van der Waals surface area contributed by atoms with Crippen molar-refractivity contribution in [2.75, 3.05) is 24.2 Å². The van der Waals surface area contributed by atoms with Gasteiger partial charge in [0.15, 0.2) is 0 Å². The Morgan fingerprint density at radius 2 is 1.90 bits per heavy atom. The lowest BCUT2D eigenvalue weighted by Gasteiger charge is -2.32.